The average Bonchev–Trinajstić information content (AvgIpc) is 3.32. The number of nitrogens with one attached hydrogen (secondary N) is 1. The van der Waals surface area contributed by atoms with Crippen molar-refractivity contribution >= 4 is 16.8 Å². The van der Waals surface area contributed by atoms with Crippen LogP contribution in [0.1, 0.15) is 35.1 Å². The molecule has 0 bridgehead atoms. The molecule has 0 unspecified atom stereocenters. The Morgan fingerprint density at radius 1 is 1.33 bits per heavy atom. The molecule has 1 aromatic carbocycles. The number of fused-ring (bicyclic) bond motifs is 1. The van der Waals surface area contributed by atoms with Crippen LogP contribution >= 0.6 is 0 Å². The molecule has 6 heteroatoms. The molecule has 3 heterocycles. The molecule has 1 atom stereocenters. The van der Waals surface area contributed by atoms with E-state index >= 15 is 0 Å². The third-order valence-corrected chi connectivity index (χ3v) is 5.37. The highest BCUT2D eigenvalue weighted by Crippen LogP contribution is 2.27. The summed E-state index contributed by atoms with van der Waals surface area (Å²) in [6, 6.07) is 9.97. The number of hydrogen-bond donors (Lipinski definition) is 1. The van der Waals surface area contributed by atoms with Crippen LogP contribution in [0.25, 0.3) is 10.9 Å². The molecule has 6 nitrogen and oxygen atoms in total. The normalized spacial score (nSPS) is 17.7. The van der Waals surface area contributed by atoms with E-state index in [1.807, 2.05) is 41.4 Å². The third kappa shape index (κ3) is 3.76. The van der Waals surface area contributed by atoms with Crippen LogP contribution in [0.4, 0.5) is 0 Å². The van der Waals surface area contributed by atoms with E-state index in [0.29, 0.717) is 11.6 Å². The molecule has 27 heavy (non-hydrogen) atoms. The van der Waals surface area contributed by atoms with Gasteiger partial charge in [0, 0.05) is 55.4 Å². The molecule has 1 aliphatic heterocycles. The minimum atomic E-state index is 0.0855. The minimum Gasteiger partial charge on any atom is -0.351 e. The Balaban J connectivity index is 1.49. The predicted octanol–water partition coefficient (Wildman–Crippen LogP) is 2.95. The van der Waals surface area contributed by atoms with Crippen molar-refractivity contribution in [3.05, 3.63) is 54.2 Å². The van der Waals surface area contributed by atoms with Gasteiger partial charge in [-0.05, 0) is 39.1 Å². The molecule has 1 saturated heterocycles. The highest BCUT2D eigenvalue weighted by molar-refractivity contribution is 5.98. The van der Waals surface area contributed by atoms with E-state index in [1.165, 1.54) is 0 Å². The lowest BCUT2D eigenvalue weighted by molar-refractivity contribution is 0.0698. The number of rotatable bonds is 5. The summed E-state index contributed by atoms with van der Waals surface area (Å²) in [6.07, 6.45) is 6.02. The number of carbonyl (C=O) groups is 1. The van der Waals surface area contributed by atoms with Crippen LogP contribution in [0.3, 0.4) is 0 Å². The van der Waals surface area contributed by atoms with E-state index in [1.54, 1.807) is 0 Å². The van der Waals surface area contributed by atoms with E-state index < -0.39 is 0 Å². The average molecular weight is 365 g/mol. The van der Waals surface area contributed by atoms with E-state index in [0.717, 1.165) is 55.7 Å². The summed E-state index contributed by atoms with van der Waals surface area (Å²) < 4.78 is 2.24. The summed E-state index contributed by atoms with van der Waals surface area (Å²) in [4.78, 5) is 25.1. The lowest BCUT2D eigenvalue weighted by atomic mass is 9.96. The first-order valence-corrected chi connectivity index (χ1v) is 9.64. The molecule has 1 fully saturated rings. The van der Waals surface area contributed by atoms with Crippen LogP contribution in [0.15, 0.2) is 42.7 Å². The molecule has 142 valence electrons. The Hall–Kier alpha value is -2.60. The highest BCUT2D eigenvalue weighted by atomic mass is 16.2. The highest BCUT2D eigenvalue weighted by Gasteiger charge is 2.28. The Labute approximate surface area is 159 Å². The lowest BCUT2D eigenvalue weighted by Gasteiger charge is -2.32. The van der Waals surface area contributed by atoms with Gasteiger partial charge in [0.25, 0.3) is 5.91 Å². The number of aromatic amines is 1. The number of likely N-dealkylation sites (N-methyl/N-ethyl adjacent to an activating group) is 1. The summed E-state index contributed by atoms with van der Waals surface area (Å²) in [5, 5.41) is 1.08. The fraction of sp³-hybridized carbons (Fsp3) is 0.429. The van der Waals surface area contributed by atoms with Crippen molar-refractivity contribution in [2.75, 3.05) is 33.7 Å². The molecular weight excluding hydrogens is 338 g/mol. The van der Waals surface area contributed by atoms with Crippen molar-refractivity contribution in [1.82, 2.24) is 24.3 Å². The first kappa shape index (κ1) is 17.8. The molecule has 0 aliphatic carbocycles. The standard InChI is InChI=1S/C21H27N5O/c1-24(2)12-13-25-11-9-22-20(25)17-7-5-10-26(15-17)21(27)19-14-16-6-3-4-8-18(16)23-19/h3-4,6,8-9,11,14,17,23H,5,7,10,12-13,15H2,1-2H3/t17-/m1/s1. The first-order valence-electron chi connectivity index (χ1n) is 9.64. The summed E-state index contributed by atoms with van der Waals surface area (Å²) >= 11 is 0. The van der Waals surface area contributed by atoms with Gasteiger partial charge < -0.3 is 19.4 Å². The summed E-state index contributed by atoms with van der Waals surface area (Å²) in [6.45, 7) is 3.44. The maximum absolute atomic E-state index is 13.0. The van der Waals surface area contributed by atoms with Crippen molar-refractivity contribution < 1.29 is 4.79 Å². The van der Waals surface area contributed by atoms with E-state index in [9.17, 15) is 4.79 Å². The second kappa shape index (κ2) is 7.56. The van der Waals surface area contributed by atoms with Crippen LogP contribution < -0.4 is 0 Å². The molecule has 4 rings (SSSR count). The Bertz CT molecular complexity index is 892. The van der Waals surface area contributed by atoms with Crippen molar-refractivity contribution in [2.45, 2.75) is 25.3 Å². The Morgan fingerprint density at radius 3 is 3.00 bits per heavy atom. The number of aromatic nitrogens is 3. The lowest BCUT2D eigenvalue weighted by Crippen LogP contribution is -2.40. The molecular formula is C21H27N5O. The van der Waals surface area contributed by atoms with E-state index in [4.69, 9.17) is 0 Å². The zero-order chi connectivity index (χ0) is 18.8. The number of H-pyrrole nitrogens is 1. The van der Waals surface area contributed by atoms with Crippen LogP contribution in [0, 0.1) is 0 Å². The summed E-state index contributed by atoms with van der Waals surface area (Å²) in [5.41, 5.74) is 1.68. The maximum atomic E-state index is 13.0. The molecule has 2 aromatic heterocycles. The fourth-order valence-corrected chi connectivity index (χ4v) is 3.91. The Kier molecular flexibility index (Phi) is 4.99. The number of hydrogen-bond acceptors (Lipinski definition) is 3. The van der Waals surface area contributed by atoms with Crippen LogP contribution in [-0.4, -0.2) is 64.0 Å². The molecule has 1 N–H and O–H groups in total. The van der Waals surface area contributed by atoms with Crippen molar-refractivity contribution in [3.63, 3.8) is 0 Å². The predicted molar refractivity (Wildman–Crippen MR) is 107 cm³/mol. The Morgan fingerprint density at radius 2 is 2.19 bits per heavy atom. The van der Waals surface area contributed by atoms with E-state index in [-0.39, 0.29) is 5.91 Å². The summed E-state index contributed by atoms with van der Waals surface area (Å²) in [7, 11) is 4.16. The number of benzene rings is 1. The molecule has 1 aliphatic rings. The zero-order valence-corrected chi connectivity index (χ0v) is 16.1. The number of amides is 1. The molecule has 0 saturated carbocycles. The maximum Gasteiger partial charge on any atom is 0.270 e. The van der Waals surface area contributed by atoms with Gasteiger partial charge in [0.05, 0.1) is 0 Å². The van der Waals surface area contributed by atoms with Gasteiger partial charge in [-0.25, -0.2) is 4.98 Å². The molecule has 1 amide bonds. The second-order valence-electron chi connectivity index (χ2n) is 7.64. The molecule has 0 radical (unpaired) electrons. The topological polar surface area (TPSA) is 57.2 Å². The number of likely N-dealkylation sites (tertiary alicyclic amines) is 1. The smallest absolute Gasteiger partial charge is 0.270 e. The number of para-hydroxylation sites is 1. The second-order valence-corrected chi connectivity index (χ2v) is 7.64. The number of carbonyl (C=O) groups excluding carboxylic acids is 1. The first-order chi connectivity index (χ1) is 13.1. The number of imidazole rings is 1. The quantitative estimate of drug-likeness (QED) is 0.756. The van der Waals surface area contributed by atoms with Crippen molar-refractivity contribution in [2.24, 2.45) is 0 Å². The largest absolute Gasteiger partial charge is 0.351 e. The minimum absolute atomic E-state index is 0.0855. The van der Waals surface area contributed by atoms with Gasteiger partial charge >= 0.3 is 0 Å². The van der Waals surface area contributed by atoms with Crippen LogP contribution in [0.5, 0.6) is 0 Å². The van der Waals surface area contributed by atoms with Crippen LogP contribution in [0.2, 0.25) is 0 Å². The third-order valence-electron chi connectivity index (χ3n) is 5.37. The van der Waals surface area contributed by atoms with Gasteiger partial charge in [-0.2, -0.15) is 0 Å². The molecule has 0 spiro atoms. The molecule has 3 aromatic rings. The van der Waals surface area contributed by atoms with Crippen LogP contribution in [-0.2, 0) is 6.54 Å². The number of piperidine rings is 1. The van der Waals surface area contributed by atoms with Gasteiger partial charge in [0.2, 0.25) is 0 Å². The number of nitrogens with zero attached hydrogens (tertiary/aromatic N) is 4. The van der Waals surface area contributed by atoms with Gasteiger partial charge in [-0.15, -0.1) is 0 Å². The van der Waals surface area contributed by atoms with Gasteiger partial charge in [0.1, 0.15) is 11.5 Å². The zero-order valence-electron chi connectivity index (χ0n) is 16.1. The SMILES string of the molecule is CN(C)CCn1ccnc1[C@@H]1CCCN(C(=O)c2cc3ccccc3[nH]2)C1. The summed E-state index contributed by atoms with van der Waals surface area (Å²) in [5.74, 6) is 1.48. The van der Waals surface area contributed by atoms with Crippen molar-refractivity contribution in [1.29, 1.82) is 0 Å². The van der Waals surface area contributed by atoms with E-state index in [2.05, 4.69) is 39.7 Å². The monoisotopic (exact) mass is 365 g/mol. The van der Waals surface area contributed by atoms with Gasteiger partial charge in [-0.1, -0.05) is 18.2 Å². The van der Waals surface area contributed by atoms with Gasteiger partial charge in [-0.3, -0.25) is 4.79 Å². The van der Waals surface area contributed by atoms with Gasteiger partial charge in [0.15, 0.2) is 0 Å². The fourth-order valence-electron chi connectivity index (χ4n) is 3.91. The van der Waals surface area contributed by atoms with Crippen molar-refractivity contribution in [3.8, 4) is 0 Å².